The van der Waals surface area contributed by atoms with Crippen molar-refractivity contribution < 1.29 is 14.3 Å². The van der Waals surface area contributed by atoms with Gasteiger partial charge in [0.05, 0.1) is 29.4 Å². The molecule has 0 fully saturated rings. The number of methoxy groups -OCH3 is 1. The van der Waals surface area contributed by atoms with Crippen LogP contribution in [0.1, 0.15) is 12.5 Å². The van der Waals surface area contributed by atoms with E-state index in [1.54, 1.807) is 25.3 Å². The van der Waals surface area contributed by atoms with Crippen molar-refractivity contribution in [2.45, 2.75) is 13.3 Å². The molecule has 2 aromatic rings. The number of anilines is 1. The van der Waals surface area contributed by atoms with Crippen LogP contribution >= 0.6 is 23.2 Å². The number of ether oxygens (including phenoxy) is 1. The number of carbonyl (C=O) groups excluding carboxylic acids is 2. The summed E-state index contributed by atoms with van der Waals surface area (Å²) in [6.07, 6.45) is 0.578. The van der Waals surface area contributed by atoms with Crippen LogP contribution in [-0.4, -0.2) is 36.9 Å². The van der Waals surface area contributed by atoms with Gasteiger partial charge in [-0.25, -0.2) is 0 Å². The minimum absolute atomic E-state index is 0.0761. The summed E-state index contributed by atoms with van der Waals surface area (Å²) < 4.78 is 5.31. The van der Waals surface area contributed by atoms with Crippen LogP contribution in [-0.2, 0) is 16.0 Å². The zero-order chi connectivity index (χ0) is 19.1. The molecule has 26 heavy (non-hydrogen) atoms. The summed E-state index contributed by atoms with van der Waals surface area (Å²) in [5, 5.41) is 3.30. The Bertz CT molecular complexity index is 796. The van der Waals surface area contributed by atoms with E-state index < -0.39 is 0 Å². The van der Waals surface area contributed by atoms with Crippen LogP contribution in [0.4, 0.5) is 5.69 Å². The van der Waals surface area contributed by atoms with Crippen molar-refractivity contribution in [3.05, 3.63) is 58.1 Å². The lowest BCUT2D eigenvalue weighted by Gasteiger charge is -2.21. The van der Waals surface area contributed by atoms with Crippen molar-refractivity contribution in [3.8, 4) is 5.75 Å². The summed E-state index contributed by atoms with van der Waals surface area (Å²) in [6, 6.07) is 12.6. The Morgan fingerprint density at radius 3 is 2.54 bits per heavy atom. The summed E-state index contributed by atoms with van der Waals surface area (Å²) in [5.41, 5.74) is 1.39. The van der Waals surface area contributed by atoms with Gasteiger partial charge in [-0.05, 0) is 30.2 Å². The molecule has 0 aliphatic carbocycles. The van der Waals surface area contributed by atoms with E-state index in [1.165, 1.54) is 11.8 Å². The van der Waals surface area contributed by atoms with Crippen LogP contribution in [0.3, 0.4) is 0 Å². The molecule has 0 bridgehead atoms. The molecule has 0 spiro atoms. The molecule has 0 unspecified atom stereocenters. The molecular weight excluding hydrogens is 375 g/mol. The third-order valence-corrected chi connectivity index (χ3v) is 4.67. The van der Waals surface area contributed by atoms with E-state index in [1.807, 2.05) is 24.3 Å². The van der Waals surface area contributed by atoms with E-state index in [4.69, 9.17) is 27.9 Å². The van der Waals surface area contributed by atoms with Gasteiger partial charge in [0.25, 0.3) is 0 Å². The highest BCUT2D eigenvalue weighted by Gasteiger charge is 2.16. The number of para-hydroxylation sites is 1. The van der Waals surface area contributed by atoms with Crippen LogP contribution in [0.5, 0.6) is 5.75 Å². The Morgan fingerprint density at radius 2 is 1.85 bits per heavy atom. The zero-order valence-electron chi connectivity index (χ0n) is 14.6. The number of hydrogen-bond donors (Lipinski definition) is 1. The smallest absolute Gasteiger partial charge is 0.244 e. The number of rotatable bonds is 7. The largest absolute Gasteiger partial charge is 0.496 e. The van der Waals surface area contributed by atoms with Gasteiger partial charge in [0, 0.05) is 13.5 Å². The summed E-state index contributed by atoms with van der Waals surface area (Å²) in [7, 11) is 1.60. The highest BCUT2D eigenvalue weighted by molar-refractivity contribution is 6.44. The van der Waals surface area contributed by atoms with Crippen molar-refractivity contribution in [1.82, 2.24) is 4.90 Å². The van der Waals surface area contributed by atoms with Crippen LogP contribution < -0.4 is 10.1 Å². The van der Waals surface area contributed by atoms with Gasteiger partial charge in [-0.1, -0.05) is 47.5 Å². The maximum atomic E-state index is 12.3. The lowest BCUT2D eigenvalue weighted by Crippen LogP contribution is -2.38. The first-order valence-corrected chi connectivity index (χ1v) is 8.79. The van der Waals surface area contributed by atoms with E-state index >= 15 is 0 Å². The van der Waals surface area contributed by atoms with E-state index in [0.29, 0.717) is 23.7 Å². The minimum atomic E-state index is -0.343. The molecule has 7 heteroatoms. The first-order valence-electron chi connectivity index (χ1n) is 8.03. The zero-order valence-corrected chi connectivity index (χ0v) is 16.1. The molecule has 0 radical (unpaired) electrons. The molecule has 0 heterocycles. The number of halogens is 2. The van der Waals surface area contributed by atoms with Gasteiger partial charge in [-0.3, -0.25) is 9.59 Å². The van der Waals surface area contributed by atoms with Crippen LogP contribution in [0, 0.1) is 0 Å². The standard InChI is InChI=1S/C19H20Cl2N2O3/c1-13(24)23(11-10-14-6-3-4-9-17(14)26-2)12-18(25)22-16-8-5-7-15(20)19(16)21/h3-9H,10-12H2,1-2H3,(H,22,25). The number of carbonyl (C=O) groups is 2. The normalized spacial score (nSPS) is 10.3. The van der Waals surface area contributed by atoms with Crippen molar-refractivity contribution >= 4 is 40.7 Å². The summed E-state index contributed by atoms with van der Waals surface area (Å²) in [6.45, 7) is 1.75. The number of hydrogen-bond acceptors (Lipinski definition) is 3. The SMILES string of the molecule is COc1ccccc1CCN(CC(=O)Nc1cccc(Cl)c1Cl)C(C)=O. The Labute approximate surface area is 162 Å². The predicted molar refractivity (Wildman–Crippen MR) is 104 cm³/mol. The van der Waals surface area contributed by atoms with Crippen molar-refractivity contribution in [3.63, 3.8) is 0 Å². The summed E-state index contributed by atoms with van der Waals surface area (Å²) in [4.78, 5) is 25.7. The van der Waals surface area contributed by atoms with Crippen LogP contribution in [0.25, 0.3) is 0 Å². The molecule has 0 saturated carbocycles. The Kier molecular flexibility index (Phi) is 7.30. The Morgan fingerprint density at radius 1 is 1.12 bits per heavy atom. The molecule has 2 rings (SSSR count). The number of nitrogens with one attached hydrogen (secondary N) is 1. The molecule has 2 aromatic carbocycles. The second kappa shape index (κ2) is 9.46. The van der Waals surface area contributed by atoms with E-state index in [9.17, 15) is 9.59 Å². The molecule has 0 aliphatic rings. The Balaban J connectivity index is 2.00. The van der Waals surface area contributed by atoms with Gasteiger partial charge in [0.1, 0.15) is 5.75 Å². The van der Waals surface area contributed by atoms with Gasteiger partial charge in [-0.2, -0.15) is 0 Å². The lowest BCUT2D eigenvalue weighted by atomic mass is 10.1. The van der Waals surface area contributed by atoms with E-state index in [0.717, 1.165) is 11.3 Å². The first kappa shape index (κ1) is 20.1. The van der Waals surface area contributed by atoms with Gasteiger partial charge >= 0.3 is 0 Å². The molecular formula is C19H20Cl2N2O3. The van der Waals surface area contributed by atoms with Gasteiger partial charge in [0.2, 0.25) is 11.8 Å². The summed E-state index contributed by atoms with van der Waals surface area (Å²) in [5.74, 6) is 0.225. The van der Waals surface area contributed by atoms with Crippen molar-refractivity contribution in [1.29, 1.82) is 0 Å². The maximum absolute atomic E-state index is 12.3. The number of amides is 2. The third kappa shape index (κ3) is 5.38. The predicted octanol–water partition coefficient (Wildman–Crippen LogP) is 4.03. The minimum Gasteiger partial charge on any atom is -0.496 e. The fraction of sp³-hybridized carbons (Fsp3) is 0.263. The summed E-state index contributed by atoms with van der Waals surface area (Å²) >= 11 is 12.0. The molecule has 0 atom stereocenters. The molecule has 5 nitrogen and oxygen atoms in total. The molecule has 0 saturated heterocycles. The number of nitrogens with zero attached hydrogens (tertiary/aromatic N) is 1. The molecule has 138 valence electrons. The van der Waals surface area contributed by atoms with Crippen molar-refractivity contribution in [2.75, 3.05) is 25.5 Å². The molecule has 1 N–H and O–H groups in total. The average molecular weight is 395 g/mol. The van der Waals surface area contributed by atoms with Crippen molar-refractivity contribution in [2.24, 2.45) is 0 Å². The van der Waals surface area contributed by atoms with Crippen LogP contribution in [0.15, 0.2) is 42.5 Å². The molecule has 0 aromatic heterocycles. The van der Waals surface area contributed by atoms with Gasteiger partial charge < -0.3 is 15.0 Å². The second-order valence-corrected chi connectivity index (χ2v) is 6.44. The van der Waals surface area contributed by atoms with Crippen LogP contribution in [0.2, 0.25) is 10.0 Å². The highest BCUT2D eigenvalue weighted by atomic mass is 35.5. The Hall–Kier alpha value is -2.24. The molecule has 2 amide bonds. The third-order valence-electron chi connectivity index (χ3n) is 3.85. The second-order valence-electron chi connectivity index (χ2n) is 5.65. The maximum Gasteiger partial charge on any atom is 0.244 e. The fourth-order valence-electron chi connectivity index (χ4n) is 2.48. The first-order chi connectivity index (χ1) is 12.4. The number of benzene rings is 2. The quantitative estimate of drug-likeness (QED) is 0.770. The van der Waals surface area contributed by atoms with Gasteiger partial charge in [0.15, 0.2) is 0 Å². The molecule has 0 aliphatic heterocycles. The van der Waals surface area contributed by atoms with E-state index in [2.05, 4.69) is 5.32 Å². The highest BCUT2D eigenvalue weighted by Crippen LogP contribution is 2.29. The topological polar surface area (TPSA) is 58.6 Å². The lowest BCUT2D eigenvalue weighted by molar-refractivity contribution is -0.132. The van der Waals surface area contributed by atoms with Gasteiger partial charge in [-0.15, -0.1) is 0 Å². The monoisotopic (exact) mass is 394 g/mol. The fourth-order valence-corrected chi connectivity index (χ4v) is 2.82. The van der Waals surface area contributed by atoms with E-state index in [-0.39, 0.29) is 23.4 Å². The average Bonchev–Trinajstić information content (AvgIpc) is 2.62.